The summed E-state index contributed by atoms with van der Waals surface area (Å²) in [5, 5.41) is 10.7. The van der Waals surface area contributed by atoms with E-state index in [2.05, 4.69) is 6.58 Å². The zero-order valence-electron chi connectivity index (χ0n) is 7.98. The summed E-state index contributed by atoms with van der Waals surface area (Å²) in [5.74, 6) is 0. The molecule has 0 aliphatic rings. The number of nitro groups is 1. The summed E-state index contributed by atoms with van der Waals surface area (Å²) in [6.07, 6.45) is 1.62. The fourth-order valence-corrected chi connectivity index (χ4v) is 1.23. The lowest BCUT2D eigenvalue weighted by Crippen LogP contribution is -1.95. The van der Waals surface area contributed by atoms with Gasteiger partial charge < -0.3 is 4.74 Å². The molecule has 0 unspecified atom stereocenters. The lowest BCUT2D eigenvalue weighted by Gasteiger charge is -2.02. The van der Waals surface area contributed by atoms with Crippen molar-refractivity contribution in [2.24, 2.45) is 0 Å². The largest absolute Gasteiger partial charge is 0.373 e. The maximum atomic E-state index is 10.6. The Morgan fingerprint density at radius 2 is 2.33 bits per heavy atom. The van der Waals surface area contributed by atoms with Gasteiger partial charge in [-0.1, -0.05) is 23.7 Å². The Morgan fingerprint density at radius 1 is 1.60 bits per heavy atom. The van der Waals surface area contributed by atoms with Crippen molar-refractivity contribution >= 4 is 17.3 Å². The second-order valence-corrected chi connectivity index (χ2v) is 3.25. The van der Waals surface area contributed by atoms with Gasteiger partial charge in [0, 0.05) is 6.07 Å². The van der Waals surface area contributed by atoms with E-state index < -0.39 is 4.92 Å². The monoisotopic (exact) mass is 227 g/mol. The van der Waals surface area contributed by atoms with Crippen LogP contribution in [0.25, 0.3) is 0 Å². The zero-order valence-corrected chi connectivity index (χ0v) is 8.74. The van der Waals surface area contributed by atoms with E-state index in [0.29, 0.717) is 18.8 Å². The molecule has 0 aliphatic heterocycles. The third-order valence-electron chi connectivity index (χ3n) is 1.71. The highest BCUT2D eigenvalue weighted by atomic mass is 35.5. The van der Waals surface area contributed by atoms with Crippen molar-refractivity contribution in [2.45, 2.75) is 6.61 Å². The Kier molecular flexibility index (Phi) is 4.27. The summed E-state index contributed by atoms with van der Waals surface area (Å²) in [4.78, 5) is 10.1. The second-order valence-electron chi connectivity index (χ2n) is 2.85. The molecule has 0 bridgehead atoms. The summed E-state index contributed by atoms with van der Waals surface area (Å²) in [5.41, 5.74) is 0.615. The lowest BCUT2D eigenvalue weighted by molar-refractivity contribution is -0.384. The van der Waals surface area contributed by atoms with Gasteiger partial charge in [-0.3, -0.25) is 10.1 Å². The van der Waals surface area contributed by atoms with Gasteiger partial charge in [0.2, 0.25) is 0 Å². The van der Waals surface area contributed by atoms with Gasteiger partial charge in [0.25, 0.3) is 5.69 Å². The van der Waals surface area contributed by atoms with E-state index in [1.807, 2.05) is 0 Å². The van der Waals surface area contributed by atoms with Crippen LogP contribution in [-0.2, 0) is 11.3 Å². The summed E-state index contributed by atoms with van der Waals surface area (Å²) in [7, 11) is 0. The number of benzene rings is 1. The Labute approximate surface area is 92.3 Å². The first kappa shape index (κ1) is 11.7. The number of hydrogen-bond donors (Lipinski definition) is 0. The number of halogens is 1. The Morgan fingerprint density at radius 3 is 2.93 bits per heavy atom. The lowest BCUT2D eigenvalue weighted by atomic mass is 10.2. The molecule has 1 rings (SSSR count). The van der Waals surface area contributed by atoms with Gasteiger partial charge in [-0.25, -0.2) is 0 Å². The molecule has 0 radical (unpaired) electrons. The normalized spacial score (nSPS) is 9.93. The molecule has 1 aromatic rings. The summed E-state index contributed by atoms with van der Waals surface area (Å²) in [6.45, 7) is 4.22. The fourth-order valence-electron chi connectivity index (χ4n) is 1.05. The van der Waals surface area contributed by atoms with E-state index in [0.717, 1.165) is 0 Å². The Balaban J connectivity index is 2.78. The van der Waals surface area contributed by atoms with Gasteiger partial charge in [-0.05, 0) is 11.6 Å². The van der Waals surface area contributed by atoms with Gasteiger partial charge in [0.15, 0.2) is 0 Å². The fraction of sp³-hybridized carbons (Fsp3) is 0.200. The first-order valence-corrected chi connectivity index (χ1v) is 4.64. The van der Waals surface area contributed by atoms with Crippen LogP contribution in [0, 0.1) is 10.1 Å². The number of rotatable bonds is 5. The van der Waals surface area contributed by atoms with Gasteiger partial charge in [-0.15, -0.1) is 6.58 Å². The van der Waals surface area contributed by atoms with E-state index in [1.165, 1.54) is 12.1 Å². The van der Waals surface area contributed by atoms with Crippen LogP contribution >= 0.6 is 11.6 Å². The quantitative estimate of drug-likeness (QED) is 0.336. The van der Waals surface area contributed by atoms with Crippen LogP contribution in [0.15, 0.2) is 30.9 Å². The first-order chi connectivity index (χ1) is 7.15. The summed E-state index contributed by atoms with van der Waals surface area (Å²) in [6, 6.07) is 4.59. The van der Waals surface area contributed by atoms with Crippen LogP contribution in [-0.4, -0.2) is 11.5 Å². The molecule has 4 nitrogen and oxygen atoms in total. The third-order valence-corrected chi connectivity index (χ3v) is 2.03. The van der Waals surface area contributed by atoms with Crippen molar-refractivity contribution in [1.82, 2.24) is 0 Å². The van der Waals surface area contributed by atoms with Crippen LogP contribution < -0.4 is 0 Å². The molecule has 0 spiro atoms. The smallest absolute Gasteiger partial charge is 0.288 e. The predicted molar refractivity (Wildman–Crippen MR) is 58.0 cm³/mol. The molecule has 5 heteroatoms. The second kappa shape index (κ2) is 5.48. The molecule has 0 N–H and O–H groups in total. The van der Waals surface area contributed by atoms with Crippen LogP contribution in [0.1, 0.15) is 5.56 Å². The van der Waals surface area contributed by atoms with E-state index in [9.17, 15) is 10.1 Å². The molecular weight excluding hydrogens is 218 g/mol. The van der Waals surface area contributed by atoms with Gasteiger partial charge in [0.05, 0.1) is 18.1 Å². The van der Waals surface area contributed by atoms with Crippen LogP contribution in [0.2, 0.25) is 5.02 Å². The average molecular weight is 228 g/mol. The minimum atomic E-state index is -0.515. The maximum absolute atomic E-state index is 10.6. The molecule has 15 heavy (non-hydrogen) atoms. The van der Waals surface area contributed by atoms with Crippen molar-refractivity contribution in [1.29, 1.82) is 0 Å². The molecule has 0 atom stereocenters. The van der Waals surface area contributed by atoms with E-state index in [-0.39, 0.29) is 10.7 Å². The van der Waals surface area contributed by atoms with E-state index in [4.69, 9.17) is 16.3 Å². The molecule has 0 amide bonds. The van der Waals surface area contributed by atoms with Crippen molar-refractivity contribution in [3.8, 4) is 0 Å². The molecule has 0 heterocycles. The number of nitrogens with zero attached hydrogens (tertiary/aromatic N) is 1. The van der Waals surface area contributed by atoms with Crippen LogP contribution in [0.3, 0.4) is 0 Å². The Bertz CT molecular complexity index is 379. The van der Waals surface area contributed by atoms with Crippen LogP contribution in [0.5, 0.6) is 0 Å². The van der Waals surface area contributed by atoms with E-state index in [1.54, 1.807) is 12.1 Å². The molecule has 80 valence electrons. The zero-order chi connectivity index (χ0) is 11.3. The Hall–Kier alpha value is -1.39. The maximum Gasteiger partial charge on any atom is 0.288 e. The van der Waals surface area contributed by atoms with Crippen molar-refractivity contribution in [3.63, 3.8) is 0 Å². The van der Waals surface area contributed by atoms with E-state index >= 15 is 0 Å². The number of nitro benzene ring substituents is 1. The van der Waals surface area contributed by atoms with Crippen molar-refractivity contribution in [2.75, 3.05) is 6.61 Å². The molecule has 1 aromatic carbocycles. The summed E-state index contributed by atoms with van der Waals surface area (Å²) >= 11 is 5.65. The molecule has 0 saturated carbocycles. The van der Waals surface area contributed by atoms with Gasteiger partial charge in [-0.2, -0.15) is 0 Å². The first-order valence-electron chi connectivity index (χ1n) is 4.26. The minimum Gasteiger partial charge on any atom is -0.373 e. The number of hydrogen-bond acceptors (Lipinski definition) is 3. The van der Waals surface area contributed by atoms with Crippen molar-refractivity contribution in [3.05, 3.63) is 51.6 Å². The summed E-state index contributed by atoms with van der Waals surface area (Å²) < 4.78 is 5.16. The standard InChI is InChI=1S/C10H10ClNO3/c1-2-5-15-7-8-3-4-9(11)10(6-8)12(13)14/h2-4,6H,1,5,7H2. The molecule has 0 aromatic heterocycles. The third kappa shape index (κ3) is 3.34. The highest BCUT2D eigenvalue weighted by molar-refractivity contribution is 6.32. The van der Waals surface area contributed by atoms with Crippen LogP contribution in [0.4, 0.5) is 5.69 Å². The topological polar surface area (TPSA) is 52.4 Å². The van der Waals surface area contributed by atoms with Crippen molar-refractivity contribution < 1.29 is 9.66 Å². The highest BCUT2D eigenvalue weighted by Gasteiger charge is 2.12. The van der Waals surface area contributed by atoms with Gasteiger partial charge >= 0.3 is 0 Å². The number of ether oxygens (including phenoxy) is 1. The average Bonchev–Trinajstić information content (AvgIpc) is 2.20. The molecule has 0 saturated heterocycles. The minimum absolute atomic E-state index is 0.101. The highest BCUT2D eigenvalue weighted by Crippen LogP contribution is 2.25. The molecular formula is C10H10ClNO3. The predicted octanol–water partition coefficient (Wildman–Crippen LogP) is 2.95. The molecule has 0 fully saturated rings. The SMILES string of the molecule is C=CCOCc1ccc(Cl)c([N+](=O)[O-])c1. The van der Waals surface area contributed by atoms with Gasteiger partial charge in [0.1, 0.15) is 5.02 Å². The molecule has 0 aliphatic carbocycles.